The molecule has 7 nitrogen and oxygen atoms in total. The largest absolute Gasteiger partial charge is 0.352 e. The molecule has 0 radical (unpaired) electrons. The first-order chi connectivity index (χ1) is 20.9. The van der Waals surface area contributed by atoms with Crippen molar-refractivity contribution in [3.63, 3.8) is 0 Å². The molecule has 0 aliphatic carbocycles. The Hall–Kier alpha value is -3.66. The molecule has 10 heteroatoms. The second kappa shape index (κ2) is 14.9. The summed E-state index contributed by atoms with van der Waals surface area (Å²) in [7, 11) is -4.20. The minimum absolute atomic E-state index is 0.0350. The predicted octanol–water partition coefficient (Wildman–Crippen LogP) is 6.77. The lowest BCUT2D eigenvalue weighted by molar-refractivity contribution is -0.140. The lowest BCUT2D eigenvalue weighted by atomic mass is 10.0. The van der Waals surface area contributed by atoms with E-state index < -0.39 is 28.5 Å². The summed E-state index contributed by atoms with van der Waals surface area (Å²) in [4.78, 5) is 29.7. The molecule has 4 aromatic carbocycles. The second-order valence-corrected chi connectivity index (χ2v) is 14.0. The summed E-state index contributed by atoms with van der Waals surface area (Å²) in [5.74, 6) is -0.872. The van der Waals surface area contributed by atoms with Gasteiger partial charge in [0.1, 0.15) is 12.6 Å². The summed E-state index contributed by atoms with van der Waals surface area (Å²) < 4.78 is 30.0. The van der Waals surface area contributed by atoms with Crippen LogP contribution >= 0.6 is 27.5 Å². The first-order valence-corrected chi connectivity index (χ1v) is 16.8. The van der Waals surface area contributed by atoms with Crippen molar-refractivity contribution in [2.24, 2.45) is 0 Å². The zero-order valence-electron chi connectivity index (χ0n) is 24.8. The Morgan fingerprint density at radius 2 is 1.52 bits per heavy atom. The van der Waals surface area contributed by atoms with Gasteiger partial charge in [-0.1, -0.05) is 93.8 Å². The number of carbonyl (C=O) groups excluding carboxylic acids is 2. The fourth-order valence-electron chi connectivity index (χ4n) is 4.76. The Morgan fingerprint density at radius 3 is 2.16 bits per heavy atom. The number of halogens is 2. The molecule has 2 amide bonds. The zero-order valence-corrected chi connectivity index (χ0v) is 27.9. The standard InChI is InChI=1S/C34H35BrClN3O4S/c1-24(2)37-34(41)32(20-26-9-5-4-6-10-26)38(22-27-11-7-12-28(35)19-27)33(40)23-39(30-14-8-13-29(36)21-30)44(42,43)31-17-15-25(3)16-18-31/h4-19,21,24,32H,20,22-23H2,1-3H3,(H,37,41)/t32-/m1/s1. The van der Waals surface area contributed by atoms with Crippen LogP contribution in [0.25, 0.3) is 0 Å². The summed E-state index contributed by atoms with van der Waals surface area (Å²) in [6.07, 6.45) is 0.237. The molecule has 1 N–H and O–H groups in total. The van der Waals surface area contributed by atoms with Crippen LogP contribution < -0.4 is 9.62 Å². The van der Waals surface area contributed by atoms with Crippen LogP contribution in [-0.4, -0.2) is 43.8 Å². The van der Waals surface area contributed by atoms with Gasteiger partial charge >= 0.3 is 0 Å². The average Bonchev–Trinajstić information content (AvgIpc) is 2.98. The molecule has 4 aromatic rings. The number of carbonyl (C=O) groups is 2. The maximum Gasteiger partial charge on any atom is 0.264 e. The van der Waals surface area contributed by atoms with Crippen LogP contribution in [-0.2, 0) is 32.6 Å². The Balaban J connectivity index is 1.81. The SMILES string of the molecule is Cc1ccc(S(=O)(=O)N(CC(=O)N(Cc2cccc(Br)c2)[C@H](Cc2ccccc2)C(=O)NC(C)C)c2cccc(Cl)c2)cc1. The van der Waals surface area contributed by atoms with Crippen LogP contribution in [0.5, 0.6) is 0 Å². The lowest BCUT2D eigenvalue weighted by Crippen LogP contribution is -2.54. The van der Waals surface area contributed by atoms with Gasteiger partial charge in [0.2, 0.25) is 11.8 Å². The minimum Gasteiger partial charge on any atom is -0.352 e. The minimum atomic E-state index is -4.20. The fraction of sp³-hybridized carbons (Fsp3) is 0.235. The van der Waals surface area contributed by atoms with Crippen molar-refractivity contribution in [3.05, 3.63) is 129 Å². The van der Waals surface area contributed by atoms with Gasteiger partial charge in [0.15, 0.2) is 0 Å². The van der Waals surface area contributed by atoms with Gasteiger partial charge in [-0.2, -0.15) is 0 Å². The number of amides is 2. The molecule has 0 fully saturated rings. The summed E-state index contributed by atoms with van der Waals surface area (Å²) in [6, 6.07) is 28.6. The smallest absolute Gasteiger partial charge is 0.264 e. The second-order valence-electron chi connectivity index (χ2n) is 10.8. The average molecular weight is 697 g/mol. The Bertz CT molecular complexity index is 1700. The first-order valence-electron chi connectivity index (χ1n) is 14.2. The molecule has 4 rings (SSSR count). The van der Waals surface area contributed by atoms with Crippen molar-refractivity contribution in [2.45, 2.75) is 50.7 Å². The summed E-state index contributed by atoms with van der Waals surface area (Å²) in [5.41, 5.74) is 2.77. The van der Waals surface area contributed by atoms with E-state index in [0.717, 1.165) is 25.5 Å². The molecule has 0 bridgehead atoms. The Labute approximate surface area is 273 Å². The zero-order chi connectivity index (χ0) is 31.9. The van der Waals surface area contributed by atoms with E-state index in [-0.39, 0.29) is 35.5 Å². The Kier molecular flexibility index (Phi) is 11.2. The van der Waals surface area contributed by atoms with Crippen LogP contribution in [0.2, 0.25) is 5.02 Å². The number of nitrogens with zero attached hydrogens (tertiary/aromatic N) is 2. The highest BCUT2D eigenvalue weighted by Gasteiger charge is 2.35. The number of anilines is 1. The molecular weight excluding hydrogens is 662 g/mol. The number of nitrogens with one attached hydrogen (secondary N) is 1. The molecule has 0 spiro atoms. The van der Waals surface area contributed by atoms with Crippen molar-refractivity contribution in [2.75, 3.05) is 10.8 Å². The van der Waals surface area contributed by atoms with E-state index in [1.807, 2.05) is 75.4 Å². The molecule has 0 heterocycles. The van der Waals surface area contributed by atoms with E-state index >= 15 is 0 Å². The van der Waals surface area contributed by atoms with E-state index in [1.54, 1.807) is 30.3 Å². The number of hydrogen-bond donors (Lipinski definition) is 1. The van der Waals surface area contributed by atoms with Gasteiger partial charge in [-0.3, -0.25) is 13.9 Å². The molecule has 0 saturated carbocycles. The first kappa shape index (κ1) is 33.2. The maximum atomic E-state index is 14.5. The molecule has 0 aromatic heterocycles. The van der Waals surface area contributed by atoms with E-state index in [9.17, 15) is 18.0 Å². The molecule has 0 unspecified atom stereocenters. The van der Waals surface area contributed by atoms with E-state index in [4.69, 9.17) is 11.6 Å². The number of benzene rings is 4. The van der Waals surface area contributed by atoms with Crippen LogP contribution in [0.3, 0.4) is 0 Å². The van der Waals surface area contributed by atoms with Gasteiger partial charge in [0, 0.05) is 28.5 Å². The van der Waals surface area contributed by atoms with Crippen molar-refractivity contribution in [1.29, 1.82) is 0 Å². The van der Waals surface area contributed by atoms with Crippen LogP contribution in [0.15, 0.2) is 112 Å². The summed E-state index contributed by atoms with van der Waals surface area (Å²) >= 11 is 9.78. The molecule has 0 saturated heterocycles. The van der Waals surface area contributed by atoms with Crippen molar-refractivity contribution >= 4 is 55.1 Å². The molecule has 1 atom stereocenters. The van der Waals surface area contributed by atoms with Crippen molar-refractivity contribution in [3.8, 4) is 0 Å². The molecular formula is C34H35BrClN3O4S. The molecule has 0 aliphatic rings. The molecule has 44 heavy (non-hydrogen) atoms. The van der Waals surface area contributed by atoms with E-state index in [0.29, 0.717) is 5.02 Å². The predicted molar refractivity (Wildman–Crippen MR) is 179 cm³/mol. The van der Waals surface area contributed by atoms with Crippen LogP contribution in [0.4, 0.5) is 5.69 Å². The highest BCUT2D eigenvalue weighted by Crippen LogP contribution is 2.27. The van der Waals surface area contributed by atoms with Crippen LogP contribution in [0.1, 0.15) is 30.5 Å². The third-order valence-corrected chi connectivity index (χ3v) is 9.44. The molecule has 0 aliphatic heterocycles. The number of rotatable bonds is 12. The highest BCUT2D eigenvalue weighted by molar-refractivity contribution is 9.10. The maximum absolute atomic E-state index is 14.5. The summed E-state index contributed by atoms with van der Waals surface area (Å²) in [6.45, 7) is 5.10. The summed E-state index contributed by atoms with van der Waals surface area (Å²) in [5, 5.41) is 3.28. The number of aryl methyl sites for hydroxylation is 1. The van der Waals surface area contributed by atoms with Crippen molar-refractivity contribution in [1.82, 2.24) is 10.2 Å². The topological polar surface area (TPSA) is 86.8 Å². The van der Waals surface area contributed by atoms with E-state index in [1.165, 1.54) is 23.1 Å². The van der Waals surface area contributed by atoms with Gasteiger partial charge in [-0.15, -0.1) is 0 Å². The van der Waals surface area contributed by atoms with Gasteiger partial charge in [0.25, 0.3) is 10.0 Å². The van der Waals surface area contributed by atoms with Crippen molar-refractivity contribution < 1.29 is 18.0 Å². The number of hydrogen-bond acceptors (Lipinski definition) is 4. The Morgan fingerprint density at radius 1 is 0.864 bits per heavy atom. The van der Waals surface area contributed by atoms with Gasteiger partial charge in [0.05, 0.1) is 10.6 Å². The molecule has 230 valence electrons. The van der Waals surface area contributed by atoms with E-state index in [2.05, 4.69) is 21.2 Å². The third kappa shape index (κ3) is 8.71. The van der Waals surface area contributed by atoms with Crippen LogP contribution in [0, 0.1) is 6.92 Å². The van der Waals surface area contributed by atoms with Gasteiger partial charge in [-0.25, -0.2) is 8.42 Å². The van der Waals surface area contributed by atoms with Gasteiger partial charge < -0.3 is 10.2 Å². The highest BCUT2D eigenvalue weighted by atomic mass is 79.9. The lowest BCUT2D eigenvalue weighted by Gasteiger charge is -2.34. The normalized spacial score (nSPS) is 12.0. The fourth-order valence-corrected chi connectivity index (χ4v) is 6.80. The number of sulfonamides is 1. The monoisotopic (exact) mass is 695 g/mol. The van der Waals surface area contributed by atoms with Gasteiger partial charge in [-0.05, 0) is 74.4 Å². The third-order valence-electron chi connectivity index (χ3n) is 6.93. The quantitative estimate of drug-likeness (QED) is 0.177.